The maximum absolute atomic E-state index is 12.4. The van der Waals surface area contributed by atoms with Crippen LogP contribution >= 0.6 is 15.6 Å². The van der Waals surface area contributed by atoms with Gasteiger partial charge in [-0.3, -0.25) is 4.52 Å². The summed E-state index contributed by atoms with van der Waals surface area (Å²) in [5.41, 5.74) is 6.89. The van der Waals surface area contributed by atoms with Crippen molar-refractivity contribution in [3.05, 3.63) is 17.2 Å². The van der Waals surface area contributed by atoms with E-state index >= 15 is 0 Å². The van der Waals surface area contributed by atoms with E-state index in [1.165, 1.54) is 6.08 Å². The highest BCUT2D eigenvalue weighted by atomic mass is 31.3. The highest BCUT2D eigenvalue weighted by Crippen LogP contribution is 2.57. The predicted molar refractivity (Wildman–Crippen MR) is 91.3 cm³/mol. The second-order valence-electron chi connectivity index (χ2n) is 5.93. The molecule has 0 aliphatic carbocycles. The van der Waals surface area contributed by atoms with E-state index in [0.717, 1.165) is 0 Å². The van der Waals surface area contributed by atoms with Gasteiger partial charge in [0.1, 0.15) is 0 Å². The van der Waals surface area contributed by atoms with Crippen molar-refractivity contribution in [2.24, 2.45) is 5.92 Å². The Kier molecular flexibility index (Phi) is 11.2. The van der Waals surface area contributed by atoms with Gasteiger partial charge in [-0.05, 0) is 32.1 Å². The molecule has 0 amide bonds. The minimum atomic E-state index is -5.19. The summed E-state index contributed by atoms with van der Waals surface area (Å²) in [6, 6.07) is 0. The number of halogens is 3. The third-order valence-electron chi connectivity index (χ3n) is 3.21. The molecule has 3 N–H and O–H groups in total. The largest absolute Gasteiger partial charge is 0.503 e. The van der Waals surface area contributed by atoms with Crippen LogP contribution in [0, 0.1) is 5.92 Å². The molecule has 2 atom stereocenters. The molecule has 0 aliphatic rings. The van der Waals surface area contributed by atoms with Crippen molar-refractivity contribution in [3.63, 3.8) is 0 Å². The van der Waals surface area contributed by atoms with Crippen LogP contribution in [0.5, 0.6) is 0 Å². The molecule has 1 unspecified atom stereocenters. The van der Waals surface area contributed by atoms with Crippen molar-refractivity contribution < 1.29 is 60.1 Å². The van der Waals surface area contributed by atoms with Gasteiger partial charge in [-0.15, -0.1) is 0 Å². The Bertz CT molecular complexity index is 744. The monoisotopic (exact) mass is 468 g/mol. The number of nitrogens with zero attached hydrogens (tertiary/aromatic N) is 2. The zero-order valence-corrected chi connectivity index (χ0v) is 17.2. The average molecular weight is 468 g/mol. The number of rotatable bonds is 12. The zero-order chi connectivity index (χ0) is 22.9. The lowest BCUT2D eigenvalue weighted by Gasteiger charge is -2.12. The van der Waals surface area contributed by atoms with Gasteiger partial charge >= 0.3 is 33.5 Å². The fourth-order valence-corrected chi connectivity index (χ4v) is 3.37. The van der Waals surface area contributed by atoms with Crippen molar-refractivity contribution in [3.8, 4) is 0 Å². The number of phosphoric ester groups is 1. The van der Waals surface area contributed by atoms with E-state index in [2.05, 4.69) is 13.6 Å². The van der Waals surface area contributed by atoms with Crippen molar-refractivity contribution in [2.45, 2.75) is 39.3 Å². The number of ether oxygens (including phenoxy) is 1. The third-order valence-corrected chi connectivity index (χ3v) is 5.36. The van der Waals surface area contributed by atoms with Gasteiger partial charge in [-0.2, -0.15) is 22.3 Å². The van der Waals surface area contributed by atoms with Crippen LogP contribution in [-0.4, -0.2) is 50.5 Å². The maximum atomic E-state index is 12.4. The zero-order valence-electron chi connectivity index (χ0n) is 15.4. The molecule has 0 saturated heterocycles. The second kappa shape index (κ2) is 11.7. The summed E-state index contributed by atoms with van der Waals surface area (Å²) in [6.07, 6.45) is -2.31. The van der Waals surface area contributed by atoms with Crippen LogP contribution < -0.4 is 0 Å². The van der Waals surface area contributed by atoms with Gasteiger partial charge in [-0.25, -0.2) is 13.9 Å². The summed E-state index contributed by atoms with van der Waals surface area (Å²) in [7, 11) is -10.1. The van der Waals surface area contributed by atoms with Gasteiger partial charge in [0.25, 0.3) is 0 Å². The number of hydrogen-bond acceptors (Lipinski definition) is 6. The minimum absolute atomic E-state index is 0.300. The lowest BCUT2D eigenvalue weighted by atomic mass is 10.0. The second-order valence-corrected chi connectivity index (χ2v) is 8.76. The molecule has 16 heteroatoms. The molecule has 0 aliphatic heterocycles. The first-order valence-electron chi connectivity index (χ1n) is 7.93. The van der Waals surface area contributed by atoms with Crippen LogP contribution in [0.15, 0.2) is 11.6 Å². The molecule has 0 spiro atoms. The summed E-state index contributed by atoms with van der Waals surface area (Å²) in [4.78, 5) is 39.1. The Morgan fingerprint density at radius 2 is 1.86 bits per heavy atom. The van der Waals surface area contributed by atoms with Crippen LogP contribution in [-0.2, 0) is 27.5 Å². The van der Waals surface area contributed by atoms with Crippen molar-refractivity contribution >= 4 is 27.3 Å². The summed E-state index contributed by atoms with van der Waals surface area (Å²) in [6.45, 7) is 2.49. The van der Waals surface area contributed by atoms with Gasteiger partial charge in [-0.1, -0.05) is 18.6 Å². The molecule has 0 saturated carbocycles. The minimum Gasteiger partial charge on any atom is -0.457 e. The molecule has 0 heterocycles. The van der Waals surface area contributed by atoms with E-state index in [4.69, 9.17) is 20.2 Å². The molecule has 29 heavy (non-hydrogen) atoms. The first-order valence-corrected chi connectivity index (χ1v) is 11.0. The molecule has 0 aromatic heterocycles. The summed E-state index contributed by atoms with van der Waals surface area (Å²) in [5.74, 6) is -2.09. The Labute approximate surface area is 163 Å². The molecule has 0 aromatic rings. The predicted octanol–water partition coefficient (Wildman–Crippen LogP) is 2.74. The van der Waals surface area contributed by atoms with Crippen LogP contribution in [0.25, 0.3) is 5.53 Å². The number of carbonyl (C=O) groups is 1. The lowest BCUT2D eigenvalue weighted by Crippen LogP contribution is -2.34. The van der Waals surface area contributed by atoms with E-state index in [1.54, 1.807) is 13.8 Å². The molecule has 11 nitrogen and oxygen atoms in total. The van der Waals surface area contributed by atoms with Crippen molar-refractivity contribution in [1.82, 2.24) is 0 Å². The van der Waals surface area contributed by atoms with Crippen molar-refractivity contribution in [2.75, 3.05) is 13.2 Å². The fourth-order valence-electron chi connectivity index (χ4n) is 1.85. The molecule has 0 aromatic carbocycles. The quantitative estimate of drug-likeness (QED) is 0.0971. The summed E-state index contributed by atoms with van der Waals surface area (Å²) in [5, 5.41) is 0. The van der Waals surface area contributed by atoms with Crippen LogP contribution in [0.4, 0.5) is 13.2 Å². The summed E-state index contributed by atoms with van der Waals surface area (Å²) >= 11 is 0. The van der Waals surface area contributed by atoms with E-state index < -0.39 is 40.1 Å². The summed E-state index contributed by atoms with van der Waals surface area (Å²) < 4.78 is 71.2. The first-order chi connectivity index (χ1) is 13.1. The first kappa shape index (κ1) is 27.6. The Morgan fingerprint density at radius 1 is 1.28 bits per heavy atom. The molecule has 0 radical (unpaired) electrons. The standard InChI is InChI=1S/C13H21F3N2O9P2/c1-9(6-7-26-29(23,24)27-28(20,21)22)4-3-5-10(2)8-25-12(19)11(18-17)13(14,15)16/h6,10H,3-5,7-8H2,1-2H3,(H,23,24)(H2,20,21,22)/b9-6+/t10-/m0/s1. The Balaban J connectivity index is 4.27. The van der Waals surface area contributed by atoms with Gasteiger partial charge in [0, 0.05) is 0 Å². The molecule has 0 rings (SSSR count). The Morgan fingerprint density at radius 3 is 2.34 bits per heavy atom. The van der Waals surface area contributed by atoms with Crippen LogP contribution in [0.3, 0.4) is 0 Å². The van der Waals surface area contributed by atoms with E-state index in [0.29, 0.717) is 24.8 Å². The van der Waals surface area contributed by atoms with E-state index in [-0.39, 0.29) is 12.5 Å². The molecule has 0 bridgehead atoms. The average Bonchev–Trinajstić information content (AvgIpc) is 2.49. The van der Waals surface area contributed by atoms with Gasteiger partial charge in [0.15, 0.2) is 0 Å². The molecular weight excluding hydrogens is 447 g/mol. The smallest absolute Gasteiger partial charge is 0.457 e. The van der Waals surface area contributed by atoms with E-state index in [9.17, 15) is 27.1 Å². The Hall–Kier alpha value is -1.36. The number of phosphoric acid groups is 2. The SMILES string of the molecule is C/C(=C\COP(=O)(O)OP(=O)(O)O)CCC[C@H](C)COC(=O)C(=[N+]=[N-])C(F)(F)F. The van der Waals surface area contributed by atoms with Crippen LogP contribution in [0.2, 0.25) is 0 Å². The van der Waals surface area contributed by atoms with Gasteiger partial charge in [0.2, 0.25) is 0 Å². The topological polar surface area (TPSA) is 176 Å². The van der Waals surface area contributed by atoms with Crippen molar-refractivity contribution in [1.29, 1.82) is 0 Å². The molecule has 0 fully saturated rings. The number of esters is 1. The fraction of sp³-hybridized carbons (Fsp3) is 0.692. The normalized spacial score (nSPS) is 15.9. The maximum Gasteiger partial charge on any atom is 0.503 e. The highest BCUT2D eigenvalue weighted by molar-refractivity contribution is 7.60. The van der Waals surface area contributed by atoms with E-state index in [1.807, 2.05) is 4.79 Å². The van der Waals surface area contributed by atoms with Crippen LogP contribution in [0.1, 0.15) is 33.1 Å². The number of alkyl halides is 3. The molecular formula is C13H21F3N2O9P2. The third kappa shape index (κ3) is 13.5. The number of carbonyl (C=O) groups excluding carboxylic acids is 1. The van der Waals surface area contributed by atoms with Gasteiger partial charge < -0.3 is 24.9 Å². The number of hydrogen-bond donors (Lipinski definition) is 3. The molecule has 168 valence electrons. The highest BCUT2D eigenvalue weighted by Gasteiger charge is 2.51. The van der Waals surface area contributed by atoms with Gasteiger partial charge in [0.05, 0.1) is 13.2 Å². The lowest BCUT2D eigenvalue weighted by molar-refractivity contribution is -0.155. The number of allylic oxidation sites excluding steroid dienone is 1.